The van der Waals surface area contributed by atoms with Crippen LogP contribution in [0.5, 0.6) is 0 Å². The Morgan fingerprint density at radius 1 is 1.47 bits per heavy atom. The van der Waals surface area contributed by atoms with E-state index < -0.39 is 12.0 Å². The molecule has 0 spiro atoms. The highest BCUT2D eigenvalue weighted by Gasteiger charge is 2.21. The molecule has 4 heteroatoms. The van der Waals surface area contributed by atoms with Gasteiger partial charge in [0.25, 0.3) is 0 Å². The van der Waals surface area contributed by atoms with Crippen LogP contribution in [0.25, 0.3) is 0 Å². The van der Waals surface area contributed by atoms with Gasteiger partial charge < -0.3 is 10.0 Å². The Morgan fingerprint density at radius 3 is 2.53 bits per heavy atom. The Bertz CT molecular complexity index is 337. The van der Waals surface area contributed by atoms with E-state index in [0.717, 1.165) is 10.5 Å². The summed E-state index contributed by atoms with van der Waals surface area (Å²) in [5, 5.41) is 8.94. The second kappa shape index (κ2) is 5.14. The molecular formula is C11H13NO3. The van der Waals surface area contributed by atoms with Crippen LogP contribution in [-0.4, -0.2) is 35.5 Å². The van der Waals surface area contributed by atoms with Crippen molar-refractivity contribution in [1.29, 1.82) is 0 Å². The number of hydrogen-bond donors (Lipinski definition) is 1. The van der Waals surface area contributed by atoms with Gasteiger partial charge in [0, 0.05) is 13.5 Å². The molecule has 1 N–H and O–H groups in total. The highest BCUT2D eigenvalue weighted by molar-refractivity contribution is 5.76. The van der Waals surface area contributed by atoms with E-state index in [-0.39, 0.29) is 0 Å². The number of amides is 1. The molecule has 0 fully saturated rings. The van der Waals surface area contributed by atoms with Gasteiger partial charge in [0.15, 0.2) is 0 Å². The minimum absolute atomic E-state index is 0.325. The Balaban J connectivity index is 2.76. The summed E-state index contributed by atoms with van der Waals surface area (Å²) in [6, 6.07) is 8.43. The molecule has 0 saturated carbocycles. The maximum Gasteiger partial charge on any atom is 0.326 e. The smallest absolute Gasteiger partial charge is 0.326 e. The van der Waals surface area contributed by atoms with E-state index in [1.807, 2.05) is 30.3 Å². The third kappa shape index (κ3) is 3.09. The molecule has 1 aromatic rings. The van der Waals surface area contributed by atoms with Gasteiger partial charge in [-0.15, -0.1) is 0 Å². The minimum atomic E-state index is -0.992. The molecule has 0 aromatic heterocycles. The summed E-state index contributed by atoms with van der Waals surface area (Å²) in [6.45, 7) is 0. The van der Waals surface area contributed by atoms with Crippen molar-refractivity contribution in [2.24, 2.45) is 0 Å². The van der Waals surface area contributed by atoms with Gasteiger partial charge in [0.2, 0.25) is 6.41 Å². The van der Waals surface area contributed by atoms with Crippen LogP contribution >= 0.6 is 0 Å². The molecule has 15 heavy (non-hydrogen) atoms. The summed E-state index contributed by atoms with van der Waals surface area (Å²) in [7, 11) is 1.47. The van der Waals surface area contributed by atoms with Crippen LogP contribution in [0.2, 0.25) is 0 Å². The van der Waals surface area contributed by atoms with Crippen molar-refractivity contribution >= 4 is 12.4 Å². The zero-order valence-corrected chi connectivity index (χ0v) is 8.46. The first-order chi connectivity index (χ1) is 7.15. The Hall–Kier alpha value is -1.84. The highest BCUT2D eigenvalue weighted by atomic mass is 16.4. The first-order valence-corrected chi connectivity index (χ1v) is 4.59. The third-order valence-electron chi connectivity index (χ3n) is 2.21. The molecule has 0 bridgehead atoms. The van der Waals surface area contributed by atoms with Crippen molar-refractivity contribution in [3.05, 3.63) is 35.9 Å². The fourth-order valence-corrected chi connectivity index (χ4v) is 1.32. The van der Waals surface area contributed by atoms with Crippen LogP contribution in [0.1, 0.15) is 5.56 Å². The van der Waals surface area contributed by atoms with Crippen molar-refractivity contribution in [3.8, 4) is 0 Å². The molecule has 1 aromatic carbocycles. The van der Waals surface area contributed by atoms with Crippen molar-refractivity contribution in [2.75, 3.05) is 7.05 Å². The average Bonchev–Trinajstić information content (AvgIpc) is 2.26. The zero-order valence-electron chi connectivity index (χ0n) is 8.46. The molecule has 1 atom stereocenters. The molecule has 0 radical (unpaired) electrons. The van der Waals surface area contributed by atoms with Gasteiger partial charge in [-0.2, -0.15) is 0 Å². The van der Waals surface area contributed by atoms with Crippen molar-refractivity contribution in [1.82, 2.24) is 4.90 Å². The van der Waals surface area contributed by atoms with Gasteiger partial charge in [-0.05, 0) is 5.56 Å². The summed E-state index contributed by atoms with van der Waals surface area (Å²) in [6.07, 6.45) is 0.854. The van der Waals surface area contributed by atoms with E-state index in [9.17, 15) is 9.59 Å². The fourth-order valence-electron chi connectivity index (χ4n) is 1.32. The topological polar surface area (TPSA) is 57.6 Å². The molecule has 1 rings (SSSR count). The molecule has 0 aliphatic heterocycles. The summed E-state index contributed by atoms with van der Waals surface area (Å²) in [4.78, 5) is 22.6. The lowest BCUT2D eigenvalue weighted by Crippen LogP contribution is -2.39. The number of carbonyl (C=O) groups excluding carboxylic acids is 1. The Morgan fingerprint density at radius 2 is 2.07 bits per heavy atom. The third-order valence-corrected chi connectivity index (χ3v) is 2.21. The quantitative estimate of drug-likeness (QED) is 0.725. The van der Waals surface area contributed by atoms with Crippen LogP contribution in [0, 0.1) is 0 Å². The maximum absolute atomic E-state index is 10.9. The minimum Gasteiger partial charge on any atom is -0.480 e. The monoisotopic (exact) mass is 207 g/mol. The van der Waals surface area contributed by atoms with E-state index >= 15 is 0 Å². The Kier molecular flexibility index (Phi) is 3.85. The number of rotatable bonds is 5. The molecule has 0 unspecified atom stereocenters. The van der Waals surface area contributed by atoms with Gasteiger partial charge in [-0.25, -0.2) is 4.79 Å². The molecule has 0 aliphatic rings. The van der Waals surface area contributed by atoms with E-state index in [1.165, 1.54) is 7.05 Å². The molecule has 80 valence electrons. The molecule has 0 saturated heterocycles. The highest BCUT2D eigenvalue weighted by Crippen LogP contribution is 2.06. The van der Waals surface area contributed by atoms with Crippen molar-refractivity contribution in [2.45, 2.75) is 12.5 Å². The normalized spacial score (nSPS) is 11.8. The molecule has 1 amide bonds. The first kappa shape index (κ1) is 11.2. The predicted molar refractivity (Wildman–Crippen MR) is 55.4 cm³/mol. The van der Waals surface area contributed by atoms with Crippen LogP contribution in [0.4, 0.5) is 0 Å². The van der Waals surface area contributed by atoms with Gasteiger partial charge in [0.05, 0.1) is 0 Å². The number of likely N-dealkylation sites (N-methyl/N-ethyl adjacent to an activating group) is 1. The maximum atomic E-state index is 10.9. The molecule has 4 nitrogen and oxygen atoms in total. The van der Waals surface area contributed by atoms with E-state index in [1.54, 1.807) is 0 Å². The van der Waals surface area contributed by atoms with E-state index in [4.69, 9.17) is 5.11 Å². The number of carboxylic acid groups (broad SMARTS) is 1. The van der Waals surface area contributed by atoms with Crippen LogP contribution in [0.15, 0.2) is 30.3 Å². The number of nitrogens with zero attached hydrogens (tertiary/aromatic N) is 1. The van der Waals surface area contributed by atoms with Crippen LogP contribution in [-0.2, 0) is 16.0 Å². The average molecular weight is 207 g/mol. The van der Waals surface area contributed by atoms with Gasteiger partial charge >= 0.3 is 5.97 Å². The Labute approximate surface area is 88.1 Å². The van der Waals surface area contributed by atoms with Crippen LogP contribution < -0.4 is 0 Å². The van der Waals surface area contributed by atoms with Crippen molar-refractivity contribution < 1.29 is 14.7 Å². The lowest BCUT2D eigenvalue weighted by molar-refractivity contribution is -0.145. The summed E-state index contributed by atoms with van der Waals surface area (Å²) >= 11 is 0. The summed E-state index contributed by atoms with van der Waals surface area (Å²) in [5.41, 5.74) is 0.901. The summed E-state index contributed by atoms with van der Waals surface area (Å²) in [5.74, 6) is -0.992. The van der Waals surface area contributed by atoms with E-state index in [0.29, 0.717) is 12.8 Å². The molecule has 0 aliphatic carbocycles. The lowest BCUT2D eigenvalue weighted by atomic mass is 10.1. The number of benzene rings is 1. The van der Waals surface area contributed by atoms with Crippen LogP contribution in [0.3, 0.4) is 0 Å². The largest absolute Gasteiger partial charge is 0.480 e. The van der Waals surface area contributed by atoms with Gasteiger partial charge in [-0.1, -0.05) is 30.3 Å². The molecule has 0 heterocycles. The van der Waals surface area contributed by atoms with Crippen molar-refractivity contribution in [3.63, 3.8) is 0 Å². The first-order valence-electron chi connectivity index (χ1n) is 4.59. The predicted octanol–water partition coefficient (Wildman–Crippen LogP) is 0.770. The number of aliphatic carboxylic acids is 1. The second-order valence-corrected chi connectivity index (χ2v) is 3.31. The SMILES string of the molecule is CN(C=O)[C@H](Cc1ccccc1)C(=O)O. The fraction of sp³-hybridized carbons (Fsp3) is 0.273. The standard InChI is InChI=1S/C11H13NO3/c1-12(8-13)10(11(14)15)7-9-5-3-2-4-6-9/h2-6,8,10H,7H2,1H3,(H,14,15)/t10-/m1/s1. The van der Waals surface area contributed by atoms with Gasteiger partial charge in [0.1, 0.15) is 6.04 Å². The van der Waals surface area contributed by atoms with Gasteiger partial charge in [-0.3, -0.25) is 4.79 Å². The second-order valence-electron chi connectivity index (χ2n) is 3.31. The number of carbonyl (C=O) groups is 2. The lowest BCUT2D eigenvalue weighted by Gasteiger charge is -2.20. The molecular weight excluding hydrogens is 194 g/mol. The summed E-state index contributed by atoms with van der Waals surface area (Å²) < 4.78 is 0. The zero-order chi connectivity index (χ0) is 11.3. The number of carboxylic acids is 1. The van der Waals surface area contributed by atoms with E-state index in [2.05, 4.69) is 0 Å². The number of hydrogen-bond acceptors (Lipinski definition) is 2.